The highest BCUT2D eigenvalue weighted by molar-refractivity contribution is 7.26. The van der Waals surface area contributed by atoms with Crippen LogP contribution >= 0.6 is 11.3 Å². The zero-order valence-corrected chi connectivity index (χ0v) is 47.5. The molecule has 0 spiro atoms. The maximum absolute atomic E-state index is 5.36. The monoisotopic (exact) mass is 1110 g/mol. The average molecular weight is 1110 g/mol. The molecule has 0 atom stereocenters. The lowest BCUT2D eigenvalue weighted by molar-refractivity contribution is 1.18. The van der Waals surface area contributed by atoms with Crippen LogP contribution < -0.4 is 0 Å². The highest BCUT2D eigenvalue weighted by atomic mass is 32.1. The van der Waals surface area contributed by atoms with Crippen molar-refractivity contribution in [3.05, 3.63) is 303 Å². The van der Waals surface area contributed by atoms with E-state index in [1.165, 1.54) is 129 Å². The predicted octanol–water partition coefficient (Wildman–Crippen LogP) is 23.5. The Morgan fingerprint density at radius 1 is 0.221 bits per heavy atom. The molecule has 0 saturated carbocycles. The number of pyridine rings is 1. The van der Waals surface area contributed by atoms with E-state index in [2.05, 4.69) is 308 Å². The highest BCUT2D eigenvalue weighted by Crippen LogP contribution is 2.50. The summed E-state index contributed by atoms with van der Waals surface area (Å²) in [7, 11) is 0. The molecule has 0 aliphatic rings. The Bertz CT molecular complexity index is 5760. The maximum atomic E-state index is 5.36. The van der Waals surface area contributed by atoms with E-state index in [-0.39, 0.29) is 0 Å². The molecule has 0 aliphatic heterocycles. The van der Waals surface area contributed by atoms with E-state index in [0.29, 0.717) is 0 Å². The molecular formula is C83H50N2S. The van der Waals surface area contributed by atoms with Gasteiger partial charge in [0.25, 0.3) is 0 Å². The smallest absolute Gasteiger partial charge is 0.0708 e. The molecule has 0 saturated heterocycles. The van der Waals surface area contributed by atoms with E-state index in [4.69, 9.17) is 4.98 Å². The van der Waals surface area contributed by atoms with Gasteiger partial charge in [-0.15, -0.1) is 11.3 Å². The third-order valence-electron chi connectivity index (χ3n) is 18.2. The Morgan fingerprint density at radius 2 is 0.663 bits per heavy atom. The van der Waals surface area contributed by atoms with Crippen LogP contribution in [0.3, 0.4) is 0 Å². The van der Waals surface area contributed by atoms with Gasteiger partial charge in [-0.2, -0.15) is 0 Å². The second kappa shape index (κ2) is 19.3. The van der Waals surface area contributed by atoms with E-state index in [1.807, 2.05) is 11.3 Å². The standard InChI is InChI=1S/C83H50N2S/c1-3-19-51(20-4-1)57-32-17-33-70-71-34-18-35-72(83(71)86-82(57)70)75-48-55(79-49-76-64-29-13-10-25-60(64)61-26-11-14-30-65(61)78(76)50-84-79)39-43-68(75)66-41-37-52(53-40-44-81-77(46-53)69-31-15-16-36-80(69)85(81)56-21-5-2-6-22-56)45-73(66)54-38-42-67-62-27-8-7-23-58(62)59-24-9-12-28-63(59)74(67)47-54/h1-50H. The molecule has 0 radical (unpaired) electrons. The minimum atomic E-state index is 0.939. The molecule has 0 unspecified atom stereocenters. The first kappa shape index (κ1) is 48.6. The van der Waals surface area contributed by atoms with Gasteiger partial charge in [0.1, 0.15) is 0 Å². The van der Waals surface area contributed by atoms with Crippen molar-refractivity contribution in [2.45, 2.75) is 0 Å². The minimum absolute atomic E-state index is 0.939. The van der Waals surface area contributed by atoms with Crippen molar-refractivity contribution in [3.8, 4) is 72.6 Å². The first-order valence-electron chi connectivity index (χ1n) is 29.6. The van der Waals surface area contributed by atoms with Crippen LogP contribution in [0.4, 0.5) is 0 Å². The van der Waals surface area contributed by atoms with Gasteiger partial charge in [0, 0.05) is 59.3 Å². The maximum Gasteiger partial charge on any atom is 0.0708 e. The van der Waals surface area contributed by atoms with Crippen molar-refractivity contribution >= 4 is 118 Å². The first-order chi connectivity index (χ1) is 42.7. The lowest BCUT2D eigenvalue weighted by Crippen LogP contribution is -1.94. The summed E-state index contributed by atoms with van der Waals surface area (Å²) in [5, 5.41) is 19.8. The molecule has 3 aromatic heterocycles. The van der Waals surface area contributed by atoms with Gasteiger partial charge in [0.2, 0.25) is 0 Å². The average Bonchev–Trinajstić information content (AvgIpc) is 1.41. The Morgan fingerprint density at radius 3 is 1.33 bits per heavy atom. The number of para-hydroxylation sites is 2. The number of nitrogens with zero attached hydrogens (tertiary/aromatic N) is 2. The summed E-state index contributed by atoms with van der Waals surface area (Å²) in [6.45, 7) is 0. The van der Waals surface area contributed by atoms with Crippen molar-refractivity contribution < 1.29 is 0 Å². The minimum Gasteiger partial charge on any atom is -0.309 e. The predicted molar refractivity (Wildman–Crippen MR) is 369 cm³/mol. The first-order valence-corrected chi connectivity index (χ1v) is 30.4. The summed E-state index contributed by atoms with van der Waals surface area (Å²) >= 11 is 1.90. The van der Waals surface area contributed by atoms with Crippen LogP contribution in [0.15, 0.2) is 303 Å². The highest BCUT2D eigenvalue weighted by Gasteiger charge is 2.22. The SMILES string of the molecule is c1ccc(-c2cccc3c2sc2c(-c4cc(-c5cc6c7ccccc7c7ccccc7c6cn5)ccc4-c4ccc(-c5ccc6c(c5)c5ccccc5n6-c5ccccc5)cc4-c4ccc5c6ccccc6c6ccccc6c5c4)cccc23)cc1. The molecular weight excluding hydrogens is 1060 g/mol. The van der Waals surface area contributed by atoms with Gasteiger partial charge in [-0.3, -0.25) is 4.98 Å². The molecule has 398 valence electrons. The van der Waals surface area contributed by atoms with Gasteiger partial charge < -0.3 is 4.57 Å². The molecule has 0 bridgehead atoms. The second-order valence-corrected chi connectivity index (χ2v) is 23.9. The second-order valence-electron chi connectivity index (χ2n) is 22.8. The third-order valence-corrected chi connectivity index (χ3v) is 19.5. The van der Waals surface area contributed by atoms with E-state index < -0.39 is 0 Å². The number of thiophene rings is 1. The van der Waals surface area contributed by atoms with Gasteiger partial charge in [0.05, 0.1) is 16.7 Å². The van der Waals surface area contributed by atoms with Crippen molar-refractivity contribution in [2.24, 2.45) is 0 Å². The third kappa shape index (κ3) is 7.48. The van der Waals surface area contributed by atoms with Crippen molar-refractivity contribution in [2.75, 3.05) is 0 Å². The molecule has 0 fully saturated rings. The van der Waals surface area contributed by atoms with Crippen molar-refractivity contribution in [1.29, 1.82) is 0 Å². The fraction of sp³-hybridized carbons (Fsp3) is 0. The summed E-state index contributed by atoms with van der Waals surface area (Å²) in [6, 6.07) is 110. The molecule has 0 aliphatic carbocycles. The van der Waals surface area contributed by atoms with Crippen LogP contribution in [0.1, 0.15) is 0 Å². The number of rotatable bonds is 7. The number of benzene rings is 15. The van der Waals surface area contributed by atoms with Crippen molar-refractivity contribution in [3.63, 3.8) is 0 Å². The summed E-state index contributed by atoms with van der Waals surface area (Å²) in [4.78, 5) is 5.36. The van der Waals surface area contributed by atoms with E-state index in [9.17, 15) is 0 Å². The van der Waals surface area contributed by atoms with E-state index in [1.54, 1.807) is 0 Å². The summed E-state index contributed by atoms with van der Waals surface area (Å²) in [6.07, 6.45) is 2.10. The Hall–Kier alpha value is -11.0. The lowest BCUT2D eigenvalue weighted by Gasteiger charge is -2.19. The number of hydrogen-bond donors (Lipinski definition) is 0. The fourth-order valence-corrected chi connectivity index (χ4v) is 15.6. The Labute approximate surface area is 500 Å². The van der Waals surface area contributed by atoms with E-state index in [0.717, 1.165) is 50.1 Å². The van der Waals surface area contributed by atoms with Gasteiger partial charge in [-0.05, 0) is 164 Å². The zero-order valence-electron chi connectivity index (χ0n) is 46.7. The number of fused-ring (bicyclic) bond motifs is 18. The van der Waals surface area contributed by atoms with Crippen LogP contribution in [-0.2, 0) is 0 Å². The molecule has 3 heterocycles. The normalized spacial score (nSPS) is 12.0. The molecule has 86 heavy (non-hydrogen) atoms. The van der Waals surface area contributed by atoms with Gasteiger partial charge >= 0.3 is 0 Å². The summed E-state index contributed by atoms with van der Waals surface area (Å²) in [5.74, 6) is 0. The number of aromatic nitrogens is 2. The zero-order chi connectivity index (χ0) is 56.4. The van der Waals surface area contributed by atoms with Crippen LogP contribution in [-0.4, -0.2) is 9.55 Å². The van der Waals surface area contributed by atoms with Crippen molar-refractivity contribution in [1.82, 2.24) is 9.55 Å². The summed E-state index contributed by atoms with van der Waals surface area (Å²) in [5.41, 5.74) is 17.3. The molecule has 0 N–H and O–H groups in total. The topological polar surface area (TPSA) is 17.8 Å². The number of hydrogen-bond acceptors (Lipinski definition) is 2. The Kier molecular flexibility index (Phi) is 10.9. The molecule has 15 aromatic carbocycles. The van der Waals surface area contributed by atoms with Crippen LogP contribution in [0.5, 0.6) is 0 Å². The van der Waals surface area contributed by atoms with E-state index >= 15 is 0 Å². The fourth-order valence-electron chi connectivity index (χ4n) is 14.3. The molecule has 18 aromatic rings. The largest absolute Gasteiger partial charge is 0.309 e. The molecule has 3 heteroatoms. The van der Waals surface area contributed by atoms with Crippen LogP contribution in [0, 0.1) is 0 Å². The molecule has 18 rings (SSSR count). The lowest BCUT2D eigenvalue weighted by atomic mass is 9.85. The van der Waals surface area contributed by atoms with Crippen LogP contribution in [0.25, 0.3) is 179 Å². The van der Waals surface area contributed by atoms with Crippen LogP contribution in [0.2, 0.25) is 0 Å². The van der Waals surface area contributed by atoms with Gasteiger partial charge in [-0.25, -0.2) is 0 Å². The molecule has 0 amide bonds. The summed E-state index contributed by atoms with van der Waals surface area (Å²) < 4.78 is 4.95. The Balaban J connectivity index is 0.906. The van der Waals surface area contributed by atoms with Gasteiger partial charge in [0.15, 0.2) is 0 Å². The molecule has 2 nitrogen and oxygen atoms in total. The quantitative estimate of drug-likeness (QED) is 0.145. The van der Waals surface area contributed by atoms with Gasteiger partial charge in [-0.1, -0.05) is 243 Å².